The fourth-order valence-corrected chi connectivity index (χ4v) is 3.68. The van der Waals surface area contributed by atoms with Gasteiger partial charge < -0.3 is 9.64 Å². The van der Waals surface area contributed by atoms with Gasteiger partial charge in [0.1, 0.15) is 5.69 Å². The summed E-state index contributed by atoms with van der Waals surface area (Å²) in [6.07, 6.45) is 4.46. The monoisotopic (exact) mass is 355 g/mol. The average molecular weight is 355 g/mol. The summed E-state index contributed by atoms with van der Waals surface area (Å²) in [5.74, 6) is -0.00194. The van der Waals surface area contributed by atoms with Crippen LogP contribution in [-0.4, -0.2) is 69.4 Å². The average Bonchev–Trinajstić information content (AvgIpc) is 3.04. The maximum atomic E-state index is 13.2. The first-order valence-electron chi connectivity index (χ1n) is 9.25. The lowest BCUT2D eigenvalue weighted by molar-refractivity contribution is 0.0201. The first-order valence-corrected chi connectivity index (χ1v) is 9.25. The zero-order valence-corrected chi connectivity index (χ0v) is 15.2. The van der Waals surface area contributed by atoms with Gasteiger partial charge >= 0.3 is 0 Å². The Hall–Kier alpha value is -2.25. The van der Waals surface area contributed by atoms with Crippen molar-refractivity contribution in [2.24, 2.45) is 0 Å². The number of aromatic nitrogens is 3. The summed E-state index contributed by atoms with van der Waals surface area (Å²) in [7, 11) is 0. The quantitative estimate of drug-likeness (QED) is 0.831. The van der Waals surface area contributed by atoms with E-state index in [0.717, 1.165) is 57.1 Å². The van der Waals surface area contributed by atoms with Crippen LogP contribution in [0.3, 0.4) is 0 Å². The van der Waals surface area contributed by atoms with Crippen molar-refractivity contribution in [3.63, 3.8) is 0 Å². The zero-order valence-electron chi connectivity index (χ0n) is 15.2. The van der Waals surface area contributed by atoms with E-state index in [0.29, 0.717) is 12.2 Å². The molecule has 0 saturated carbocycles. The molecule has 4 rings (SSSR count). The molecule has 1 atom stereocenters. The van der Waals surface area contributed by atoms with Gasteiger partial charge in [0, 0.05) is 44.6 Å². The number of hydrogen-bond donors (Lipinski definition) is 0. The molecule has 0 bridgehead atoms. The largest absolute Gasteiger partial charge is 0.379 e. The van der Waals surface area contributed by atoms with E-state index in [9.17, 15) is 4.79 Å². The number of amides is 1. The minimum atomic E-state index is -0.00194. The van der Waals surface area contributed by atoms with E-state index >= 15 is 0 Å². The highest BCUT2D eigenvalue weighted by Crippen LogP contribution is 2.21. The van der Waals surface area contributed by atoms with E-state index in [-0.39, 0.29) is 11.9 Å². The van der Waals surface area contributed by atoms with Crippen molar-refractivity contribution in [3.05, 3.63) is 47.5 Å². The van der Waals surface area contributed by atoms with Crippen molar-refractivity contribution in [1.29, 1.82) is 0 Å². The second-order valence-electron chi connectivity index (χ2n) is 7.06. The molecule has 7 heteroatoms. The fourth-order valence-electron chi connectivity index (χ4n) is 3.68. The summed E-state index contributed by atoms with van der Waals surface area (Å²) in [5, 5.41) is 4.41. The van der Waals surface area contributed by atoms with Gasteiger partial charge in [-0.1, -0.05) is 6.07 Å². The van der Waals surface area contributed by atoms with Gasteiger partial charge in [-0.3, -0.25) is 19.4 Å². The Bertz CT molecular complexity index is 752. The highest BCUT2D eigenvalue weighted by atomic mass is 16.5. The number of nitrogens with zero attached hydrogens (tertiary/aromatic N) is 5. The summed E-state index contributed by atoms with van der Waals surface area (Å²) in [6.45, 7) is 7.63. The van der Waals surface area contributed by atoms with Gasteiger partial charge in [0.25, 0.3) is 5.91 Å². The molecule has 2 aromatic rings. The summed E-state index contributed by atoms with van der Waals surface area (Å²) >= 11 is 0. The van der Waals surface area contributed by atoms with Crippen LogP contribution < -0.4 is 0 Å². The van der Waals surface area contributed by atoms with Crippen molar-refractivity contribution >= 4 is 5.91 Å². The van der Waals surface area contributed by atoms with E-state index in [4.69, 9.17) is 4.74 Å². The predicted octanol–water partition coefficient (Wildman–Crippen LogP) is 1.33. The van der Waals surface area contributed by atoms with Gasteiger partial charge in [-0.25, -0.2) is 0 Å². The number of aryl methyl sites for hydroxylation is 2. The molecule has 138 valence electrons. The zero-order chi connectivity index (χ0) is 17.9. The Morgan fingerprint density at radius 3 is 2.85 bits per heavy atom. The number of morpholine rings is 1. The van der Waals surface area contributed by atoms with Crippen molar-refractivity contribution in [3.8, 4) is 0 Å². The van der Waals surface area contributed by atoms with Crippen LogP contribution in [0.5, 0.6) is 0 Å². The Balaban J connectivity index is 1.58. The molecule has 0 spiro atoms. The van der Waals surface area contributed by atoms with Crippen molar-refractivity contribution in [2.75, 3.05) is 32.8 Å². The number of ether oxygens (including phenoxy) is 1. The molecule has 4 heterocycles. The molecule has 2 aliphatic rings. The predicted molar refractivity (Wildman–Crippen MR) is 96.7 cm³/mol. The molecule has 2 aliphatic heterocycles. The number of fused-ring (bicyclic) bond motifs is 1. The number of carbonyl (C=O) groups excluding carboxylic acids is 1. The Morgan fingerprint density at radius 1 is 1.23 bits per heavy atom. The smallest absolute Gasteiger partial charge is 0.273 e. The van der Waals surface area contributed by atoms with Crippen LogP contribution in [0, 0.1) is 6.92 Å². The number of carbonyl (C=O) groups is 1. The second kappa shape index (κ2) is 7.55. The molecule has 1 saturated heterocycles. The van der Waals surface area contributed by atoms with Crippen LogP contribution in [0.2, 0.25) is 0 Å². The molecule has 0 radical (unpaired) electrons. The first kappa shape index (κ1) is 17.2. The van der Waals surface area contributed by atoms with Crippen LogP contribution >= 0.6 is 0 Å². The second-order valence-corrected chi connectivity index (χ2v) is 7.06. The Labute approximate surface area is 153 Å². The fraction of sp³-hybridized carbons (Fsp3) is 0.526. The molecule has 1 fully saturated rings. The van der Waals surface area contributed by atoms with Crippen molar-refractivity contribution in [2.45, 2.75) is 32.5 Å². The SMILES string of the molecule is Cc1ccc(C(=O)N2Cc3ccnn3CC[C@H]2CN2CCOCC2)nc1. The molecule has 7 nitrogen and oxygen atoms in total. The minimum absolute atomic E-state index is 0.00194. The van der Waals surface area contributed by atoms with E-state index in [2.05, 4.69) is 15.0 Å². The molecule has 0 unspecified atom stereocenters. The van der Waals surface area contributed by atoms with Crippen molar-refractivity contribution < 1.29 is 9.53 Å². The van der Waals surface area contributed by atoms with E-state index in [1.54, 1.807) is 6.20 Å². The van der Waals surface area contributed by atoms with Crippen molar-refractivity contribution in [1.82, 2.24) is 24.6 Å². The van der Waals surface area contributed by atoms with Gasteiger partial charge in [-0.05, 0) is 31.0 Å². The maximum Gasteiger partial charge on any atom is 0.273 e. The first-order chi connectivity index (χ1) is 12.7. The van der Waals surface area contributed by atoms with Gasteiger partial charge in [0.05, 0.1) is 25.5 Å². The van der Waals surface area contributed by atoms with Gasteiger partial charge in [-0.15, -0.1) is 0 Å². The third kappa shape index (κ3) is 3.64. The van der Waals surface area contributed by atoms with Crippen LogP contribution in [0.25, 0.3) is 0 Å². The van der Waals surface area contributed by atoms with Gasteiger partial charge in [0.2, 0.25) is 0 Å². The maximum absolute atomic E-state index is 13.2. The summed E-state index contributed by atoms with van der Waals surface area (Å²) in [4.78, 5) is 22.0. The number of rotatable bonds is 3. The highest BCUT2D eigenvalue weighted by molar-refractivity contribution is 5.92. The van der Waals surface area contributed by atoms with Crippen LogP contribution in [0.4, 0.5) is 0 Å². The molecular formula is C19H25N5O2. The Morgan fingerprint density at radius 2 is 2.08 bits per heavy atom. The van der Waals surface area contributed by atoms with Crippen LogP contribution in [-0.2, 0) is 17.8 Å². The molecule has 0 aromatic carbocycles. The summed E-state index contributed by atoms with van der Waals surface area (Å²) in [6, 6.07) is 5.91. The van der Waals surface area contributed by atoms with Crippen LogP contribution in [0.1, 0.15) is 28.2 Å². The molecule has 1 amide bonds. The van der Waals surface area contributed by atoms with E-state index in [1.807, 2.05) is 40.9 Å². The molecule has 26 heavy (non-hydrogen) atoms. The minimum Gasteiger partial charge on any atom is -0.379 e. The summed E-state index contributed by atoms with van der Waals surface area (Å²) < 4.78 is 7.48. The number of pyridine rings is 1. The van der Waals surface area contributed by atoms with E-state index in [1.165, 1.54) is 0 Å². The number of hydrogen-bond acceptors (Lipinski definition) is 5. The lowest BCUT2D eigenvalue weighted by Gasteiger charge is -2.35. The molecule has 0 aliphatic carbocycles. The third-order valence-electron chi connectivity index (χ3n) is 5.22. The van der Waals surface area contributed by atoms with Gasteiger partial charge in [0.15, 0.2) is 0 Å². The molecular weight excluding hydrogens is 330 g/mol. The lowest BCUT2D eigenvalue weighted by atomic mass is 10.1. The standard InChI is InChI=1S/C19H25N5O2/c1-15-2-3-18(20-12-15)19(25)23-14-17-4-6-21-24(17)7-5-16(23)13-22-8-10-26-11-9-22/h2-4,6,12,16H,5,7-11,13-14H2,1H3/t16-/m0/s1. The third-order valence-corrected chi connectivity index (χ3v) is 5.22. The van der Waals surface area contributed by atoms with Gasteiger partial charge in [-0.2, -0.15) is 5.10 Å². The lowest BCUT2D eigenvalue weighted by Crippen LogP contribution is -2.49. The summed E-state index contributed by atoms with van der Waals surface area (Å²) in [5.41, 5.74) is 2.64. The topological polar surface area (TPSA) is 63.5 Å². The van der Waals surface area contributed by atoms with E-state index < -0.39 is 0 Å². The molecule has 0 N–H and O–H groups in total. The normalized spacial score (nSPS) is 21.3. The van der Waals surface area contributed by atoms with Crippen LogP contribution in [0.15, 0.2) is 30.6 Å². The molecule has 2 aromatic heterocycles. The Kier molecular flexibility index (Phi) is 4.99. The highest BCUT2D eigenvalue weighted by Gasteiger charge is 2.31.